The van der Waals surface area contributed by atoms with Crippen LogP contribution < -0.4 is 0 Å². The molecule has 3 aliphatic rings. The maximum atomic E-state index is 14.7. The fourth-order valence-corrected chi connectivity index (χ4v) is 5.58. The van der Waals surface area contributed by atoms with E-state index >= 15 is 0 Å². The van der Waals surface area contributed by atoms with Crippen LogP contribution in [0.15, 0.2) is 24.5 Å². The first-order chi connectivity index (χ1) is 14.0. The minimum Gasteiger partial charge on any atom is -0.481 e. The van der Waals surface area contributed by atoms with Crippen molar-refractivity contribution < 1.29 is 14.3 Å². The number of hydrogen-bond donors (Lipinski definition) is 2. The van der Waals surface area contributed by atoms with Gasteiger partial charge in [0, 0.05) is 22.8 Å². The molecule has 7 heteroatoms. The maximum Gasteiger partial charge on any atom is 0.307 e. The third kappa shape index (κ3) is 2.99. The molecule has 0 aliphatic heterocycles. The largest absolute Gasteiger partial charge is 0.481 e. The molecule has 3 aliphatic carbocycles. The number of fused-ring (bicyclic) bond motifs is 4. The predicted molar refractivity (Wildman–Crippen MR) is 106 cm³/mol. The van der Waals surface area contributed by atoms with E-state index in [2.05, 4.69) is 19.9 Å². The van der Waals surface area contributed by atoms with Gasteiger partial charge in [-0.25, -0.2) is 19.3 Å². The monoisotopic (exact) mass is 394 g/mol. The smallest absolute Gasteiger partial charge is 0.307 e. The number of carboxylic acid groups (broad SMARTS) is 1. The van der Waals surface area contributed by atoms with E-state index in [9.17, 15) is 14.3 Å². The normalized spacial score (nSPS) is 26.1. The maximum absolute atomic E-state index is 14.7. The second-order valence-corrected chi connectivity index (χ2v) is 8.42. The van der Waals surface area contributed by atoms with E-state index in [0.29, 0.717) is 23.9 Å². The number of aryl methyl sites for hydroxylation is 1. The summed E-state index contributed by atoms with van der Waals surface area (Å²) in [7, 11) is 0. The Labute approximate surface area is 167 Å². The van der Waals surface area contributed by atoms with Crippen molar-refractivity contribution in [1.29, 1.82) is 0 Å². The Bertz CT molecular complexity index is 1090. The SMILES string of the molecule is Cc1[nH]c2ncccc2c1-c1ncc(F)c(CC2C3CCC(CC3)C2C(=O)O)n1. The molecule has 29 heavy (non-hydrogen) atoms. The fourth-order valence-electron chi connectivity index (χ4n) is 5.58. The zero-order valence-electron chi connectivity index (χ0n) is 16.2. The molecule has 0 spiro atoms. The van der Waals surface area contributed by atoms with Gasteiger partial charge in [-0.1, -0.05) is 0 Å². The molecule has 0 saturated heterocycles. The zero-order chi connectivity index (χ0) is 20.1. The molecule has 2 bridgehead atoms. The predicted octanol–water partition coefficient (Wildman–Crippen LogP) is 4.15. The second kappa shape index (κ2) is 6.90. The molecular weight excluding hydrogens is 371 g/mol. The van der Waals surface area contributed by atoms with Crippen molar-refractivity contribution in [2.75, 3.05) is 0 Å². The molecule has 3 saturated carbocycles. The van der Waals surface area contributed by atoms with Crippen molar-refractivity contribution in [2.24, 2.45) is 23.7 Å². The number of nitrogens with zero attached hydrogens (tertiary/aromatic N) is 3. The van der Waals surface area contributed by atoms with E-state index < -0.39 is 17.7 Å². The lowest BCUT2D eigenvalue weighted by Crippen LogP contribution is -2.45. The standard InChI is InChI=1S/C22H23FN4O2/c1-11-18(14-3-2-8-24-20(14)26-11)21-25-10-16(23)17(27-21)9-15-12-4-6-13(7-5-12)19(15)22(28)29/h2-3,8,10,12-13,15,19H,4-7,9H2,1H3,(H,24,26)(H,28,29). The van der Waals surface area contributed by atoms with E-state index in [0.717, 1.165) is 48.0 Å². The van der Waals surface area contributed by atoms with Crippen molar-refractivity contribution >= 4 is 17.0 Å². The van der Waals surface area contributed by atoms with E-state index in [1.165, 1.54) is 6.20 Å². The highest BCUT2D eigenvalue weighted by atomic mass is 19.1. The third-order valence-electron chi connectivity index (χ3n) is 6.90. The van der Waals surface area contributed by atoms with Gasteiger partial charge in [-0.2, -0.15) is 0 Å². The lowest BCUT2D eigenvalue weighted by molar-refractivity contribution is -0.152. The number of rotatable bonds is 4. The Kier molecular flexibility index (Phi) is 4.33. The number of aliphatic carboxylic acids is 1. The molecule has 6 nitrogen and oxygen atoms in total. The Hall–Kier alpha value is -2.83. The molecule has 3 fully saturated rings. The van der Waals surface area contributed by atoms with Crippen LogP contribution in [0.1, 0.15) is 37.1 Å². The van der Waals surface area contributed by atoms with Gasteiger partial charge in [-0.3, -0.25) is 4.79 Å². The second-order valence-electron chi connectivity index (χ2n) is 8.42. The van der Waals surface area contributed by atoms with Gasteiger partial charge in [-0.15, -0.1) is 0 Å². The molecule has 0 aromatic carbocycles. The summed E-state index contributed by atoms with van der Waals surface area (Å²) in [6.45, 7) is 1.92. The van der Waals surface area contributed by atoms with Crippen molar-refractivity contribution in [2.45, 2.75) is 39.0 Å². The number of hydrogen-bond acceptors (Lipinski definition) is 4. The quantitative estimate of drug-likeness (QED) is 0.694. The summed E-state index contributed by atoms with van der Waals surface area (Å²) in [4.78, 5) is 28.3. The van der Waals surface area contributed by atoms with Gasteiger partial charge < -0.3 is 10.1 Å². The van der Waals surface area contributed by atoms with Gasteiger partial charge in [0.25, 0.3) is 0 Å². The van der Waals surface area contributed by atoms with Gasteiger partial charge >= 0.3 is 5.97 Å². The van der Waals surface area contributed by atoms with Crippen LogP contribution in [0, 0.1) is 36.4 Å². The first-order valence-corrected chi connectivity index (χ1v) is 10.2. The molecule has 2 atom stereocenters. The first-order valence-electron chi connectivity index (χ1n) is 10.2. The molecular formula is C22H23FN4O2. The van der Waals surface area contributed by atoms with Crippen molar-refractivity contribution in [1.82, 2.24) is 19.9 Å². The third-order valence-corrected chi connectivity index (χ3v) is 6.90. The van der Waals surface area contributed by atoms with Crippen molar-refractivity contribution in [3.05, 3.63) is 41.7 Å². The van der Waals surface area contributed by atoms with Gasteiger partial charge in [0.2, 0.25) is 0 Å². The number of carbonyl (C=O) groups is 1. The van der Waals surface area contributed by atoms with Crippen molar-refractivity contribution in [3.8, 4) is 11.4 Å². The number of aromatic amines is 1. The van der Waals surface area contributed by atoms with E-state index in [-0.39, 0.29) is 11.8 Å². The lowest BCUT2D eigenvalue weighted by atomic mass is 9.57. The molecule has 3 aromatic rings. The van der Waals surface area contributed by atoms with Crippen LogP contribution in [-0.4, -0.2) is 31.0 Å². The molecule has 2 unspecified atom stereocenters. The Morgan fingerprint density at radius 1 is 1.24 bits per heavy atom. The molecule has 150 valence electrons. The zero-order valence-corrected chi connectivity index (χ0v) is 16.2. The van der Waals surface area contributed by atoms with Crippen LogP contribution in [0.5, 0.6) is 0 Å². The average molecular weight is 394 g/mol. The van der Waals surface area contributed by atoms with E-state index in [1.54, 1.807) is 6.20 Å². The molecule has 3 heterocycles. The highest BCUT2D eigenvalue weighted by molar-refractivity contribution is 5.93. The van der Waals surface area contributed by atoms with Crippen LogP contribution in [0.4, 0.5) is 4.39 Å². The summed E-state index contributed by atoms with van der Waals surface area (Å²) < 4.78 is 14.7. The van der Waals surface area contributed by atoms with E-state index in [1.807, 2.05) is 19.1 Å². The number of halogens is 1. The summed E-state index contributed by atoms with van der Waals surface area (Å²) in [5.74, 6) is -0.701. The minimum absolute atomic E-state index is 0.0667. The van der Waals surface area contributed by atoms with Crippen LogP contribution >= 0.6 is 0 Å². The van der Waals surface area contributed by atoms with Gasteiger partial charge in [0.15, 0.2) is 11.6 Å². The number of pyridine rings is 1. The van der Waals surface area contributed by atoms with Gasteiger partial charge in [-0.05, 0) is 68.9 Å². The Morgan fingerprint density at radius 2 is 2.00 bits per heavy atom. The summed E-state index contributed by atoms with van der Waals surface area (Å²) in [6, 6.07) is 3.79. The molecule has 0 radical (unpaired) electrons. The molecule has 0 amide bonds. The first kappa shape index (κ1) is 18.2. The molecule has 2 N–H and O–H groups in total. The number of aromatic nitrogens is 4. The summed E-state index contributed by atoms with van der Waals surface area (Å²) in [6.07, 6.45) is 7.28. The Balaban J connectivity index is 1.53. The number of carboxylic acids is 1. The van der Waals surface area contributed by atoms with Crippen molar-refractivity contribution in [3.63, 3.8) is 0 Å². The van der Waals surface area contributed by atoms with Crippen LogP contribution in [0.25, 0.3) is 22.4 Å². The average Bonchev–Trinajstić information content (AvgIpc) is 3.06. The summed E-state index contributed by atoms with van der Waals surface area (Å²) in [5, 5.41) is 10.7. The van der Waals surface area contributed by atoms with Gasteiger partial charge in [0.1, 0.15) is 5.65 Å². The Morgan fingerprint density at radius 3 is 2.76 bits per heavy atom. The van der Waals surface area contributed by atoms with Crippen LogP contribution in [0.3, 0.4) is 0 Å². The molecule has 6 rings (SSSR count). The van der Waals surface area contributed by atoms with Crippen LogP contribution in [-0.2, 0) is 11.2 Å². The highest BCUT2D eigenvalue weighted by Gasteiger charge is 2.47. The lowest BCUT2D eigenvalue weighted by Gasteiger charge is -2.46. The van der Waals surface area contributed by atoms with Gasteiger partial charge in [0.05, 0.1) is 17.8 Å². The fraction of sp³-hybridized carbons (Fsp3) is 0.455. The molecule has 3 aromatic heterocycles. The van der Waals surface area contributed by atoms with E-state index in [4.69, 9.17) is 0 Å². The minimum atomic E-state index is -0.752. The highest BCUT2D eigenvalue weighted by Crippen LogP contribution is 2.50. The summed E-state index contributed by atoms with van der Waals surface area (Å²) >= 11 is 0. The summed E-state index contributed by atoms with van der Waals surface area (Å²) in [5.41, 5.74) is 2.74. The number of nitrogens with one attached hydrogen (secondary N) is 1. The number of H-pyrrole nitrogens is 1. The topological polar surface area (TPSA) is 91.8 Å². The van der Waals surface area contributed by atoms with Crippen LogP contribution in [0.2, 0.25) is 0 Å².